The summed E-state index contributed by atoms with van der Waals surface area (Å²) in [6, 6.07) is 7.58. The Morgan fingerprint density at radius 1 is 0.862 bits per heavy atom. The van der Waals surface area contributed by atoms with Gasteiger partial charge in [0.2, 0.25) is 0 Å². The molecule has 0 saturated carbocycles. The van der Waals surface area contributed by atoms with Gasteiger partial charge < -0.3 is 13.9 Å². The zero-order valence-electron chi connectivity index (χ0n) is 19.1. The van der Waals surface area contributed by atoms with Gasteiger partial charge in [-0.1, -0.05) is 53.7 Å². The fraction of sp³-hybridized carbons (Fsp3) is 0.565. The number of carbonyl (C=O) groups excluding carboxylic acids is 2. The lowest BCUT2D eigenvalue weighted by Crippen LogP contribution is -2.50. The molecule has 1 aliphatic rings. The first-order valence-electron chi connectivity index (χ1n) is 10.3. The van der Waals surface area contributed by atoms with Crippen molar-refractivity contribution in [1.82, 2.24) is 0 Å². The third-order valence-electron chi connectivity index (χ3n) is 5.75. The molecule has 1 aliphatic heterocycles. The SMILES string of the molecule is CC(=C1C(=O)OC(C)(C)OC1=O)c1ccc(O[Si](C(C)C)(C(C)C)C(C)C)cc1. The van der Waals surface area contributed by atoms with Crippen LogP contribution in [0, 0.1) is 0 Å². The number of hydrogen-bond acceptors (Lipinski definition) is 5. The molecule has 1 fully saturated rings. The minimum atomic E-state index is -2.04. The molecule has 1 saturated heterocycles. The Kier molecular flexibility index (Phi) is 6.67. The molecule has 0 amide bonds. The first kappa shape index (κ1) is 23.2. The van der Waals surface area contributed by atoms with Gasteiger partial charge in [0.15, 0.2) is 0 Å². The summed E-state index contributed by atoms with van der Waals surface area (Å²) in [5.41, 5.74) is 2.64. The van der Waals surface area contributed by atoms with Gasteiger partial charge in [-0.25, -0.2) is 9.59 Å². The minimum Gasteiger partial charge on any atom is -0.543 e. The Bertz CT molecular complexity index is 759. The Balaban J connectivity index is 2.35. The second-order valence-corrected chi connectivity index (χ2v) is 14.5. The van der Waals surface area contributed by atoms with Crippen LogP contribution < -0.4 is 4.43 Å². The summed E-state index contributed by atoms with van der Waals surface area (Å²) in [7, 11) is -2.04. The van der Waals surface area contributed by atoms with Crippen LogP contribution in [0.15, 0.2) is 29.8 Å². The first-order valence-corrected chi connectivity index (χ1v) is 12.4. The van der Waals surface area contributed by atoms with E-state index >= 15 is 0 Å². The van der Waals surface area contributed by atoms with Crippen LogP contribution in [0.3, 0.4) is 0 Å². The van der Waals surface area contributed by atoms with Gasteiger partial charge in [0.25, 0.3) is 14.1 Å². The topological polar surface area (TPSA) is 61.8 Å². The number of esters is 2. The zero-order valence-corrected chi connectivity index (χ0v) is 20.1. The van der Waals surface area contributed by atoms with Crippen molar-refractivity contribution >= 4 is 25.8 Å². The van der Waals surface area contributed by atoms with E-state index in [4.69, 9.17) is 13.9 Å². The highest BCUT2D eigenvalue weighted by atomic mass is 28.4. The second-order valence-electron chi connectivity index (χ2n) is 9.12. The van der Waals surface area contributed by atoms with Gasteiger partial charge in [-0.2, -0.15) is 0 Å². The monoisotopic (exact) mass is 418 g/mol. The van der Waals surface area contributed by atoms with Crippen molar-refractivity contribution in [2.24, 2.45) is 0 Å². The molecule has 29 heavy (non-hydrogen) atoms. The van der Waals surface area contributed by atoms with Crippen LogP contribution in [0.4, 0.5) is 0 Å². The number of benzene rings is 1. The van der Waals surface area contributed by atoms with Crippen LogP contribution in [0.25, 0.3) is 5.57 Å². The van der Waals surface area contributed by atoms with E-state index in [1.54, 1.807) is 6.92 Å². The summed E-state index contributed by atoms with van der Waals surface area (Å²) >= 11 is 0. The van der Waals surface area contributed by atoms with Gasteiger partial charge in [0.1, 0.15) is 11.3 Å². The van der Waals surface area contributed by atoms with Crippen molar-refractivity contribution < 1.29 is 23.5 Å². The highest BCUT2D eigenvalue weighted by Gasteiger charge is 2.47. The smallest absolute Gasteiger partial charge is 0.349 e. The van der Waals surface area contributed by atoms with Crippen LogP contribution in [0.1, 0.15) is 67.9 Å². The van der Waals surface area contributed by atoms with Crippen LogP contribution in [-0.2, 0) is 19.1 Å². The van der Waals surface area contributed by atoms with Gasteiger partial charge in [-0.05, 0) is 46.8 Å². The van der Waals surface area contributed by atoms with Crippen molar-refractivity contribution in [2.75, 3.05) is 0 Å². The van der Waals surface area contributed by atoms with Gasteiger partial charge in [-0.3, -0.25) is 0 Å². The molecule has 0 N–H and O–H groups in total. The van der Waals surface area contributed by atoms with E-state index < -0.39 is 26.0 Å². The average Bonchev–Trinajstić information content (AvgIpc) is 2.57. The Morgan fingerprint density at radius 3 is 1.66 bits per heavy atom. The molecule has 2 rings (SSSR count). The highest BCUT2D eigenvalue weighted by Crippen LogP contribution is 2.43. The van der Waals surface area contributed by atoms with Crippen molar-refractivity contribution in [1.29, 1.82) is 0 Å². The first-order chi connectivity index (χ1) is 13.3. The molecule has 5 nitrogen and oxygen atoms in total. The number of carbonyl (C=O) groups is 2. The van der Waals surface area contributed by atoms with Gasteiger partial charge in [0.05, 0.1) is 0 Å². The largest absolute Gasteiger partial charge is 0.543 e. The molecular weight excluding hydrogens is 384 g/mol. The molecule has 0 bridgehead atoms. The van der Waals surface area contributed by atoms with Crippen LogP contribution >= 0.6 is 0 Å². The lowest BCUT2D eigenvalue weighted by molar-refractivity contribution is -0.222. The van der Waals surface area contributed by atoms with Crippen molar-refractivity contribution in [3.8, 4) is 5.75 Å². The quantitative estimate of drug-likeness (QED) is 0.251. The summed E-state index contributed by atoms with van der Waals surface area (Å²) in [6.07, 6.45) is 0. The molecule has 1 aromatic carbocycles. The summed E-state index contributed by atoms with van der Waals surface area (Å²) in [4.78, 5) is 24.6. The van der Waals surface area contributed by atoms with E-state index in [0.717, 1.165) is 11.3 Å². The second kappa shape index (κ2) is 8.34. The van der Waals surface area contributed by atoms with E-state index in [2.05, 4.69) is 41.5 Å². The number of allylic oxidation sites excluding steroid dienone is 1. The fourth-order valence-electron chi connectivity index (χ4n) is 4.43. The molecule has 0 aliphatic carbocycles. The summed E-state index contributed by atoms with van der Waals surface area (Å²) < 4.78 is 17.1. The van der Waals surface area contributed by atoms with E-state index in [-0.39, 0.29) is 5.57 Å². The normalized spacial score (nSPS) is 16.9. The Labute approximate surface area is 175 Å². The fourth-order valence-corrected chi connectivity index (χ4v) is 9.69. The summed E-state index contributed by atoms with van der Waals surface area (Å²) in [6.45, 7) is 18.3. The molecule has 0 unspecified atom stereocenters. The molecule has 1 aromatic rings. The molecule has 1 heterocycles. The molecule has 0 radical (unpaired) electrons. The predicted molar refractivity (Wildman–Crippen MR) is 117 cm³/mol. The molecule has 0 aromatic heterocycles. The van der Waals surface area contributed by atoms with E-state index in [1.807, 2.05) is 24.3 Å². The molecule has 0 atom stereocenters. The van der Waals surface area contributed by atoms with Crippen molar-refractivity contribution in [2.45, 2.75) is 84.7 Å². The third-order valence-corrected chi connectivity index (χ3v) is 11.8. The lowest BCUT2D eigenvalue weighted by atomic mass is 10.0. The van der Waals surface area contributed by atoms with Crippen LogP contribution in [0.5, 0.6) is 5.75 Å². The molecule has 6 heteroatoms. The maximum Gasteiger partial charge on any atom is 0.349 e. The Hall–Kier alpha value is -2.08. The molecular formula is C23H34O5Si. The zero-order chi connectivity index (χ0) is 22.1. The number of ether oxygens (including phenoxy) is 2. The van der Waals surface area contributed by atoms with Crippen molar-refractivity contribution in [3.05, 3.63) is 35.4 Å². The number of hydrogen-bond donors (Lipinski definition) is 0. The minimum absolute atomic E-state index is 0.0618. The number of cyclic esters (lactones) is 2. The third kappa shape index (κ3) is 4.58. The number of rotatable bonds is 6. The van der Waals surface area contributed by atoms with Gasteiger partial charge >= 0.3 is 11.9 Å². The summed E-state index contributed by atoms with van der Waals surface area (Å²) in [5, 5.41) is 0. The van der Waals surface area contributed by atoms with Crippen LogP contribution in [-0.4, -0.2) is 26.0 Å². The van der Waals surface area contributed by atoms with E-state index in [1.165, 1.54) is 13.8 Å². The maximum absolute atomic E-state index is 12.3. The van der Waals surface area contributed by atoms with Gasteiger partial charge in [0, 0.05) is 13.8 Å². The molecule has 160 valence electrons. The lowest BCUT2D eigenvalue weighted by Gasteiger charge is -2.42. The van der Waals surface area contributed by atoms with Crippen LogP contribution in [0.2, 0.25) is 16.6 Å². The van der Waals surface area contributed by atoms with E-state index in [0.29, 0.717) is 22.2 Å². The van der Waals surface area contributed by atoms with Crippen molar-refractivity contribution in [3.63, 3.8) is 0 Å². The standard InChI is InChI=1S/C23H34O5Si/c1-14(2)29(15(3)4,16(5)6)28-19-12-10-18(11-13-19)17(7)20-21(24)26-23(8,9)27-22(20)25/h10-16H,1-9H3. The average molecular weight is 419 g/mol. The highest BCUT2D eigenvalue weighted by molar-refractivity contribution is 6.78. The predicted octanol–water partition coefficient (Wildman–Crippen LogP) is 5.85. The Morgan fingerprint density at radius 2 is 1.28 bits per heavy atom. The van der Waals surface area contributed by atoms with E-state index in [9.17, 15) is 9.59 Å². The molecule has 0 spiro atoms. The summed E-state index contributed by atoms with van der Waals surface area (Å²) in [5.74, 6) is -1.73. The van der Waals surface area contributed by atoms with Gasteiger partial charge in [-0.15, -0.1) is 0 Å². The maximum atomic E-state index is 12.3.